The number of anilines is 1. The van der Waals surface area contributed by atoms with Gasteiger partial charge in [0.05, 0.1) is 6.42 Å². The van der Waals surface area contributed by atoms with Gasteiger partial charge < -0.3 is 10.6 Å². The van der Waals surface area contributed by atoms with Crippen LogP contribution in [0.1, 0.15) is 24.2 Å². The van der Waals surface area contributed by atoms with E-state index in [0.29, 0.717) is 12.5 Å². The Labute approximate surface area is 132 Å². The minimum atomic E-state index is 0.0528. The first-order valence-electron chi connectivity index (χ1n) is 7.23. The minimum Gasteiger partial charge on any atom is -0.360 e. The van der Waals surface area contributed by atoms with E-state index in [1.807, 2.05) is 30.3 Å². The molecule has 0 bridgehead atoms. The zero-order valence-electron chi connectivity index (χ0n) is 12.3. The lowest BCUT2D eigenvalue weighted by Gasteiger charge is -2.05. The largest absolute Gasteiger partial charge is 0.360 e. The molecule has 1 saturated carbocycles. The van der Waals surface area contributed by atoms with Gasteiger partial charge >= 0.3 is 0 Å². The molecule has 3 rings (SSSR count). The molecule has 0 aliphatic heterocycles. The van der Waals surface area contributed by atoms with Gasteiger partial charge in [-0.1, -0.05) is 12.1 Å². The van der Waals surface area contributed by atoms with E-state index in [4.69, 9.17) is 5.26 Å². The van der Waals surface area contributed by atoms with Crippen molar-refractivity contribution in [1.82, 2.24) is 25.9 Å². The van der Waals surface area contributed by atoms with Crippen LogP contribution in [0, 0.1) is 11.3 Å². The number of tetrazole rings is 1. The van der Waals surface area contributed by atoms with Crippen LogP contribution in [0.25, 0.3) is 5.57 Å². The molecule has 1 amide bonds. The molecule has 1 fully saturated rings. The van der Waals surface area contributed by atoms with E-state index in [0.717, 1.165) is 24.1 Å². The maximum absolute atomic E-state index is 11.7. The Morgan fingerprint density at radius 2 is 2.17 bits per heavy atom. The van der Waals surface area contributed by atoms with E-state index in [1.165, 1.54) is 6.20 Å². The van der Waals surface area contributed by atoms with Crippen LogP contribution < -0.4 is 10.6 Å². The monoisotopic (exact) mass is 309 g/mol. The van der Waals surface area contributed by atoms with E-state index in [-0.39, 0.29) is 17.3 Å². The SMILES string of the molecule is N#CC(=CNc1ccc(CC(=O)NC2CC2)cc1)c1nn[nH]n1. The van der Waals surface area contributed by atoms with Gasteiger partial charge in [0.1, 0.15) is 11.6 Å². The average molecular weight is 309 g/mol. The molecular formula is C15H15N7O. The molecular weight excluding hydrogens is 294 g/mol. The first-order valence-corrected chi connectivity index (χ1v) is 7.23. The predicted molar refractivity (Wildman–Crippen MR) is 82.7 cm³/mol. The minimum absolute atomic E-state index is 0.0528. The predicted octanol–water partition coefficient (Wildman–Crippen LogP) is 0.997. The molecule has 8 nitrogen and oxygen atoms in total. The summed E-state index contributed by atoms with van der Waals surface area (Å²) < 4.78 is 0. The Morgan fingerprint density at radius 3 is 2.78 bits per heavy atom. The molecule has 1 aromatic carbocycles. The zero-order valence-corrected chi connectivity index (χ0v) is 12.3. The van der Waals surface area contributed by atoms with Gasteiger partial charge in [0.2, 0.25) is 11.7 Å². The molecule has 3 N–H and O–H groups in total. The maximum atomic E-state index is 11.7. The van der Waals surface area contributed by atoms with Crippen LogP contribution in [-0.4, -0.2) is 32.6 Å². The highest BCUT2D eigenvalue weighted by atomic mass is 16.1. The average Bonchev–Trinajstić information content (AvgIpc) is 3.20. The number of carbonyl (C=O) groups is 1. The number of allylic oxidation sites excluding steroid dienone is 1. The number of aromatic amines is 1. The van der Waals surface area contributed by atoms with E-state index in [2.05, 4.69) is 31.3 Å². The molecule has 1 aliphatic carbocycles. The van der Waals surface area contributed by atoms with Gasteiger partial charge in [0, 0.05) is 17.9 Å². The lowest BCUT2D eigenvalue weighted by molar-refractivity contribution is -0.120. The molecule has 1 heterocycles. The number of hydrogen-bond donors (Lipinski definition) is 3. The third-order valence-corrected chi connectivity index (χ3v) is 3.35. The highest BCUT2D eigenvalue weighted by Crippen LogP contribution is 2.19. The Balaban J connectivity index is 1.58. The van der Waals surface area contributed by atoms with Crippen LogP contribution >= 0.6 is 0 Å². The molecule has 23 heavy (non-hydrogen) atoms. The van der Waals surface area contributed by atoms with E-state index in [1.54, 1.807) is 0 Å². The van der Waals surface area contributed by atoms with Gasteiger partial charge in [-0.15, -0.1) is 10.2 Å². The van der Waals surface area contributed by atoms with Gasteiger partial charge in [-0.25, -0.2) is 0 Å². The number of rotatable bonds is 6. The zero-order chi connectivity index (χ0) is 16.1. The van der Waals surface area contributed by atoms with Gasteiger partial charge in [-0.2, -0.15) is 10.5 Å². The Kier molecular flexibility index (Phi) is 4.29. The highest BCUT2D eigenvalue weighted by molar-refractivity contribution is 5.79. The molecule has 0 atom stereocenters. The summed E-state index contributed by atoms with van der Waals surface area (Å²) in [5, 5.41) is 28.2. The molecule has 1 aromatic heterocycles. The number of amides is 1. The van der Waals surface area contributed by atoms with Crippen molar-refractivity contribution in [3.8, 4) is 6.07 Å². The van der Waals surface area contributed by atoms with Crippen LogP contribution in [0.3, 0.4) is 0 Å². The summed E-state index contributed by atoms with van der Waals surface area (Å²) in [6.45, 7) is 0. The standard InChI is InChI=1S/C15H15N7O/c16-8-11(15-19-21-22-20-15)9-17-12-3-1-10(2-4-12)7-14(23)18-13-5-6-13/h1-4,9,13,17H,5-7H2,(H,18,23)(H,19,20,21,22). The van der Waals surface area contributed by atoms with Crippen molar-refractivity contribution in [3.63, 3.8) is 0 Å². The molecule has 0 spiro atoms. The third-order valence-electron chi connectivity index (χ3n) is 3.35. The van der Waals surface area contributed by atoms with Crippen molar-refractivity contribution in [1.29, 1.82) is 5.26 Å². The molecule has 2 aromatic rings. The van der Waals surface area contributed by atoms with E-state index < -0.39 is 0 Å². The summed E-state index contributed by atoms with van der Waals surface area (Å²) in [6.07, 6.45) is 4.06. The number of H-pyrrole nitrogens is 1. The van der Waals surface area contributed by atoms with Crippen LogP contribution in [-0.2, 0) is 11.2 Å². The molecule has 116 valence electrons. The fraction of sp³-hybridized carbons (Fsp3) is 0.267. The summed E-state index contributed by atoms with van der Waals surface area (Å²) >= 11 is 0. The smallest absolute Gasteiger partial charge is 0.224 e. The number of nitrogens with one attached hydrogen (secondary N) is 3. The first-order chi connectivity index (χ1) is 11.2. The van der Waals surface area contributed by atoms with Crippen molar-refractivity contribution < 1.29 is 4.79 Å². The Hall–Kier alpha value is -3.21. The van der Waals surface area contributed by atoms with Crippen LogP contribution in [0.15, 0.2) is 30.5 Å². The fourth-order valence-electron chi connectivity index (χ4n) is 1.99. The Bertz CT molecular complexity index is 739. The molecule has 0 unspecified atom stereocenters. The van der Waals surface area contributed by atoms with Gasteiger partial charge in [0.25, 0.3) is 0 Å². The van der Waals surface area contributed by atoms with Crippen molar-refractivity contribution in [3.05, 3.63) is 41.9 Å². The topological polar surface area (TPSA) is 119 Å². The molecule has 8 heteroatoms. The molecule has 0 radical (unpaired) electrons. The second kappa shape index (κ2) is 6.70. The second-order valence-corrected chi connectivity index (χ2v) is 5.27. The van der Waals surface area contributed by atoms with Crippen LogP contribution in [0.2, 0.25) is 0 Å². The van der Waals surface area contributed by atoms with E-state index in [9.17, 15) is 4.79 Å². The number of hydrogen-bond acceptors (Lipinski definition) is 6. The van der Waals surface area contributed by atoms with Crippen LogP contribution in [0.4, 0.5) is 5.69 Å². The highest BCUT2D eigenvalue weighted by Gasteiger charge is 2.22. The number of aromatic nitrogens is 4. The molecule has 0 saturated heterocycles. The van der Waals surface area contributed by atoms with Crippen molar-refractivity contribution in [2.24, 2.45) is 0 Å². The van der Waals surface area contributed by atoms with Crippen LogP contribution in [0.5, 0.6) is 0 Å². The number of benzene rings is 1. The summed E-state index contributed by atoms with van der Waals surface area (Å²) in [4.78, 5) is 11.7. The molecule has 1 aliphatic rings. The summed E-state index contributed by atoms with van der Waals surface area (Å²) in [6, 6.07) is 9.83. The Morgan fingerprint density at radius 1 is 1.39 bits per heavy atom. The lowest BCUT2D eigenvalue weighted by Crippen LogP contribution is -2.26. The first kappa shape index (κ1) is 14.7. The maximum Gasteiger partial charge on any atom is 0.224 e. The van der Waals surface area contributed by atoms with Crippen molar-refractivity contribution in [2.75, 3.05) is 5.32 Å². The summed E-state index contributed by atoms with van der Waals surface area (Å²) in [5.74, 6) is 0.283. The number of nitrogens with zero attached hydrogens (tertiary/aromatic N) is 4. The quantitative estimate of drug-likeness (QED) is 0.685. The normalized spacial score (nSPS) is 14.1. The van der Waals surface area contributed by atoms with Gasteiger partial charge in [-0.05, 0) is 35.8 Å². The number of carbonyl (C=O) groups excluding carboxylic acids is 1. The summed E-state index contributed by atoms with van der Waals surface area (Å²) in [7, 11) is 0. The number of nitriles is 1. The summed E-state index contributed by atoms with van der Waals surface area (Å²) in [5.41, 5.74) is 2.01. The van der Waals surface area contributed by atoms with E-state index >= 15 is 0 Å². The van der Waals surface area contributed by atoms with Gasteiger partial charge in [0.15, 0.2) is 0 Å². The fourth-order valence-corrected chi connectivity index (χ4v) is 1.99. The third kappa shape index (κ3) is 4.14. The second-order valence-electron chi connectivity index (χ2n) is 5.27. The lowest BCUT2D eigenvalue weighted by atomic mass is 10.1. The van der Waals surface area contributed by atoms with Crippen molar-refractivity contribution >= 4 is 17.2 Å². The van der Waals surface area contributed by atoms with Gasteiger partial charge in [-0.3, -0.25) is 4.79 Å². The van der Waals surface area contributed by atoms with Crippen molar-refractivity contribution in [2.45, 2.75) is 25.3 Å².